The average molecular weight is 395 g/mol. The van der Waals surface area contributed by atoms with Gasteiger partial charge in [0.25, 0.3) is 5.91 Å². The fourth-order valence-corrected chi connectivity index (χ4v) is 3.85. The molecule has 0 spiro atoms. The zero-order valence-electron chi connectivity index (χ0n) is 14.8. The molecule has 0 radical (unpaired) electrons. The number of benzene rings is 2. The molecule has 0 atom stereocenters. The van der Waals surface area contributed by atoms with Gasteiger partial charge in [0.15, 0.2) is 0 Å². The lowest BCUT2D eigenvalue weighted by atomic mass is 10.2. The molecule has 0 saturated carbocycles. The van der Waals surface area contributed by atoms with Crippen LogP contribution in [0.2, 0.25) is 0 Å². The molecule has 0 saturated heterocycles. The quantitative estimate of drug-likeness (QED) is 0.578. The summed E-state index contributed by atoms with van der Waals surface area (Å²) in [5, 5.41) is 3.62. The summed E-state index contributed by atoms with van der Waals surface area (Å²) in [4.78, 5) is 12.2. The molecular weight excluding hydrogens is 376 g/mol. The van der Waals surface area contributed by atoms with Gasteiger partial charge in [0.05, 0.1) is 11.1 Å². The number of nitrogens with zero attached hydrogens (tertiary/aromatic N) is 2. The topological polar surface area (TPSA) is 78.8 Å². The second-order valence-electron chi connectivity index (χ2n) is 5.48. The van der Waals surface area contributed by atoms with E-state index < -0.39 is 27.6 Å². The van der Waals surface area contributed by atoms with Crippen LogP contribution in [0.15, 0.2) is 52.5 Å². The van der Waals surface area contributed by atoms with Gasteiger partial charge in [0.1, 0.15) is 11.6 Å². The number of hydrogen-bond donors (Lipinski definition) is 1. The Morgan fingerprint density at radius 2 is 1.85 bits per heavy atom. The van der Waals surface area contributed by atoms with Gasteiger partial charge < -0.3 is 0 Å². The summed E-state index contributed by atoms with van der Waals surface area (Å²) < 4.78 is 52.7. The second kappa shape index (κ2) is 8.83. The van der Waals surface area contributed by atoms with Crippen molar-refractivity contribution in [2.24, 2.45) is 5.10 Å². The lowest BCUT2D eigenvalue weighted by molar-refractivity contribution is 0.0955. The molecular formula is C18H19F2N3O3S. The first-order valence-corrected chi connectivity index (χ1v) is 9.62. The van der Waals surface area contributed by atoms with Crippen molar-refractivity contribution in [2.75, 3.05) is 13.1 Å². The molecule has 0 aliphatic carbocycles. The number of amides is 1. The maximum Gasteiger partial charge on any atom is 0.271 e. The lowest BCUT2D eigenvalue weighted by Crippen LogP contribution is -2.30. The third-order valence-electron chi connectivity index (χ3n) is 3.77. The van der Waals surface area contributed by atoms with E-state index in [9.17, 15) is 22.0 Å². The van der Waals surface area contributed by atoms with E-state index in [4.69, 9.17) is 0 Å². The molecule has 0 aliphatic heterocycles. The predicted molar refractivity (Wildman–Crippen MR) is 98.0 cm³/mol. The van der Waals surface area contributed by atoms with Crippen molar-refractivity contribution in [2.45, 2.75) is 18.7 Å². The zero-order chi connectivity index (χ0) is 20.0. The smallest absolute Gasteiger partial charge is 0.267 e. The molecule has 0 aliphatic rings. The molecule has 0 bridgehead atoms. The maximum atomic E-state index is 13.5. The number of hydrogen-bond acceptors (Lipinski definition) is 4. The van der Waals surface area contributed by atoms with Crippen LogP contribution in [-0.4, -0.2) is 37.9 Å². The summed E-state index contributed by atoms with van der Waals surface area (Å²) in [6, 6.07) is 8.48. The fraction of sp³-hybridized carbons (Fsp3) is 0.222. The highest BCUT2D eigenvalue weighted by Crippen LogP contribution is 2.17. The molecule has 0 aromatic heterocycles. The molecule has 6 nitrogen and oxygen atoms in total. The summed E-state index contributed by atoms with van der Waals surface area (Å²) >= 11 is 0. The largest absolute Gasteiger partial charge is 0.271 e. The van der Waals surface area contributed by atoms with E-state index >= 15 is 0 Å². The summed E-state index contributed by atoms with van der Waals surface area (Å²) in [6.07, 6.45) is 1.03. The van der Waals surface area contributed by atoms with Crippen molar-refractivity contribution < 1.29 is 22.0 Å². The Morgan fingerprint density at radius 3 is 2.48 bits per heavy atom. The third kappa shape index (κ3) is 4.95. The highest BCUT2D eigenvalue weighted by atomic mass is 32.2. The fourth-order valence-electron chi connectivity index (χ4n) is 2.34. The molecule has 0 unspecified atom stereocenters. The molecule has 2 aromatic rings. The molecule has 0 heterocycles. The van der Waals surface area contributed by atoms with E-state index in [0.717, 1.165) is 12.3 Å². The van der Waals surface area contributed by atoms with Gasteiger partial charge in [-0.15, -0.1) is 0 Å². The minimum absolute atomic E-state index is 0.00504. The van der Waals surface area contributed by atoms with Crippen LogP contribution >= 0.6 is 0 Å². The second-order valence-corrected chi connectivity index (χ2v) is 7.42. The van der Waals surface area contributed by atoms with Gasteiger partial charge in [0, 0.05) is 30.3 Å². The van der Waals surface area contributed by atoms with Crippen molar-refractivity contribution in [3.8, 4) is 0 Å². The molecule has 0 fully saturated rings. The number of carbonyl (C=O) groups is 1. The molecule has 2 rings (SSSR count). The lowest BCUT2D eigenvalue weighted by Gasteiger charge is -2.18. The van der Waals surface area contributed by atoms with Gasteiger partial charge in [-0.05, 0) is 30.3 Å². The van der Waals surface area contributed by atoms with Gasteiger partial charge in [0.2, 0.25) is 10.0 Å². The molecule has 1 amide bonds. The summed E-state index contributed by atoms with van der Waals surface area (Å²) in [6.45, 7) is 4.06. The summed E-state index contributed by atoms with van der Waals surface area (Å²) in [7, 11) is -3.70. The van der Waals surface area contributed by atoms with E-state index in [-0.39, 0.29) is 16.0 Å². The van der Waals surface area contributed by atoms with E-state index in [1.165, 1.54) is 34.6 Å². The highest BCUT2D eigenvalue weighted by molar-refractivity contribution is 7.89. The normalized spacial score (nSPS) is 11.9. The van der Waals surface area contributed by atoms with Crippen LogP contribution in [-0.2, 0) is 10.0 Å². The number of carbonyl (C=O) groups excluding carboxylic acids is 1. The SMILES string of the molecule is CCN(CC)S(=O)(=O)c1cccc(C(=O)N/N=C\c2ccc(F)cc2F)c1. The van der Waals surface area contributed by atoms with Crippen molar-refractivity contribution in [3.63, 3.8) is 0 Å². The van der Waals surface area contributed by atoms with Crippen LogP contribution in [0.5, 0.6) is 0 Å². The van der Waals surface area contributed by atoms with Crippen molar-refractivity contribution >= 4 is 22.1 Å². The van der Waals surface area contributed by atoms with Gasteiger partial charge in [-0.1, -0.05) is 19.9 Å². The third-order valence-corrected chi connectivity index (χ3v) is 5.82. The van der Waals surface area contributed by atoms with E-state index in [1.807, 2.05) is 0 Å². The van der Waals surface area contributed by atoms with E-state index in [2.05, 4.69) is 10.5 Å². The number of hydrazone groups is 1. The minimum Gasteiger partial charge on any atom is -0.267 e. The monoisotopic (exact) mass is 395 g/mol. The molecule has 9 heteroatoms. The Kier molecular flexibility index (Phi) is 6.75. The van der Waals surface area contributed by atoms with Crippen LogP contribution < -0.4 is 5.43 Å². The predicted octanol–water partition coefficient (Wildman–Crippen LogP) is 2.76. The van der Waals surface area contributed by atoms with Gasteiger partial charge >= 0.3 is 0 Å². The van der Waals surface area contributed by atoms with Crippen LogP contribution in [0.4, 0.5) is 8.78 Å². The average Bonchev–Trinajstić information content (AvgIpc) is 2.64. The summed E-state index contributed by atoms with van der Waals surface area (Å²) in [5.74, 6) is -2.20. The molecule has 27 heavy (non-hydrogen) atoms. The number of nitrogens with one attached hydrogen (secondary N) is 1. The van der Waals surface area contributed by atoms with Gasteiger partial charge in [-0.2, -0.15) is 9.41 Å². The first-order chi connectivity index (χ1) is 12.8. The Balaban J connectivity index is 2.17. The number of rotatable bonds is 7. The first-order valence-electron chi connectivity index (χ1n) is 8.18. The molecule has 1 N–H and O–H groups in total. The van der Waals surface area contributed by atoms with Crippen molar-refractivity contribution in [1.29, 1.82) is 0 Å². The molecule has 2 aromatic carbocycles. The Bertz CT molecular complexity index is 958. The van der Waals surface area contributed by atoms with Crippen LogP contribution in [0, 0.1) is 11.6 Å². The van der Waals surface area contributed by atoms with Gasteiger partial charge in [-0.3, -0.25) is 4.79 Å². The van der Waals surface area contributed by atoms with Crippen LogP contribution in [0.3, 0.4) is 0 Å². The Morgan fingerprint density at radius 1 is 1.15 bits per heavy atom. The standard InChI is InChI=1S/C18H19F2N3O3S/c1-3-23(4-2)27(25,26)16-7-5-6-13(10-16)18(24)22-21-12-14-8-9-15(19)11-17(14)20/h5-12H,3-4H2,1-2H3,(H,22,24)/b21-12-. The van der Waals surface area contributed by atoms with Gasteiger partial charge in [-0.25, -0.2) is 22.6 Å². The van der Waals surface area contributed by atoms with Crippen molar-refractivity contribution in [3.05, 3.63) is 65.2 Å². The summed E-state index contributed by atoms with van der Waals surface area (Å²) in [5.41, 5.74) is 2.27. The van der Waals surface area contributed by atoms with Crippen LogP contribution in [0.1, 0.15) is 29.8 Å². The Labute approximate surface area is 156 Å². The van der Waals surface area contributed by atoms with Crippen molar-refractivity contribution in [1.82, 2.24) is 9.73 Å². The maximum absolute atomic E-state index is 13.5. The van der Waals surface area contributed by atoms with Crippen LogP contribution in [0.25, 0.3) is 0 Å². The number of halogens is 2. The Hall–Kier alpha value is -2.65. The van der Waals surface area contributed by atoms with E-state index in [0.29, 0.717) is 19.2 Å². The number of sulfonamides is 1. The minimum atomic E-state index is -3.70. The zero-order valence-corrected chi connectivity index (χ0v) is 15.6. The molecule has 144 valence electrons. The highest BCUT2D eigenvalue weighted by Gasteiger charge is 2.22. The van der Waals surface area contributed by atoms with E-state index in [1.54, 1.807) is 13.8 Å². The first kappa shape index (κ1) is 20.7.